The van der Waals surface area contributed by atoms with Gasteiger partial charge in [0.15, 0.2) is 0 Å². The lowest BCUT2D eigenvalue weighted by Gasteiger charge is -2.39. The molecule has 188 valence electrons. The van der Waals surface area contributed by atoms with Crippen molar-refractivity contribution >= 4 is 40.7 Å². The molecule has 1 atom stereocenters. The van der Waals surface area contributed by atoms with E-state index < -0.39 is 0 Å². The second-order valence-electron chi connectivity index (χ2n) is 9.08. The molecule has 2 amide bonds. The molecule has 0 fully saturated rings. The van der Waals surface area contributed by atoms with Crippen molar-refractivity contribution in [3.8, 4) is 5.69 Å². The molecule has 0 aliphatic carbocycles. The van der Waals surface area contributed by atoms with E-state index >= 15 is 0 Å². The molecule has 37 heavy (non-hydrogen) atoms. The number of carbonyl (C=O) groups is 2. The monoisotopic (exact) mass is 531 g/mol. The van der Waals surface area contributed by atoms with Crippen molar-refractivity contribution in [2.24, 2.45) is 0 Å². The van der Waals surface area contributed by atoms with Gasteiger partial charge in [-0.05, 0) is 54.4 Å². The summed E-state index contributed by atoms with van der Waals surface area (Å²) in [7, 11) is 0. The van der Waals surface area contributed by atoms with Crippen LogP contribution in [0.25, 0.3) is 5.69 Å². The molecule has 2 heterocycles. The van der Waals surface area contributed by atoms with E-state index in [0.29, 0.717) is 22.2 Å². The van der Waals surface area contributed by atoms with Gasteiger partial charge in [0.25, 0.3) is 5.91 Å². The molecule has 0 spiro atoms. The molecule has 1 unspecified atom stereocenters. The lowest BCUT2D eigenvalue weighted by Crippen LogP contribution is -2.47. The average molecular weight is 532 g/mol. The van der Waals surface area contributed by atoms with Crippen LogP contribution in [0.1, 0.15) is 47.4 Å². The number of para-hydroxylation sites is 2. The maximum Gasteiger partial charge on any atom is 0.254 e. The van der Waals surface area contributed by atoms with E-state index in [4.69, 9.17) is 23.2 Å². The minimum atomic E-state index is -0.327. The predicted octanol–water partition coefficient (Wildman–Crippen LogP) is 7.16. The zero-order valence-corrected chi connectivity index (χ0v) is 22.0. The van der Waals surface area contributed by atoms with E-state index in [1.165, 1.54) is 0 Å². The number of hydrogen-bond acceptors (Lipinski definition) is 2. The molecule has 5 rings (SSSR count). The summed E-state index contributed by atoms with van der Waals surface area (Å²) in [6, 6.07) is 26.4. The normalized spacial score (nSPS) is 14.1. The van der Waals surface area contributed by atoms with Crippen molar-refractivity contribution in [1.29, 1.82) is 0 Å². The number of benzene rings is 3. The number of aromatic nitrogens is 1. The van der Waals surface area contributed by atoms with Gasteiger partial charge in [0.1, 0.15) is 12.6 Å². The average Bonchev–Trinajstić information content (AvgIpc) is 3.42. The molecule has 7 heteroatoms. The quantitative estimate of drug-likeness (QED) is 0.254. The molecular weight excluding hydrogens is 505 g/mol. The van der Waals surface area contributed by atoms with Crippen LogP contribution in [-0.4, -0.2) is 34.4 Å². The molecule has 0 N–H and O–H groups in total. The van der Waals surface area contributed by atoms with Crippen LogP contribution in [0, 0.1) is 0 Å². The Hall–Kier alpha value is -3.54. The molecule has 3 aromatic carbocycles. The van der Waals surface area contributed by atoms with Gasteiger partial charge < -0.3 is 9.47 Å². The van der Waals surface area contributed by atoms with Gasteiger partial charge in [0.05, 0.1) is 27.1 Å². The van der Waals surface area contributed by atoms with Crippen LogP contribution < -0.4 is 4.90 Å². The Labute approximate surface area is 226 Å². The van der Waals surface area contributed by atoms with E-state index in [2.05, 4.69) is 11.5 Å². The summed E-state index contributed by atoms with van der Waals surface area (Å²) in [4.78, 5) is 31.2. The minimum absolute atomic E-state index is 0.0581. The lowest BCUT2D eigenvalue weighted by molar-refractivity contribution is -0.119. The highest BCUT2D eigenvalue weighted by atomic mass is 35.5. The molecule has 4 aromatic rings. The van der Waals surface area contributed by atoms with Gasteiger partial charge in [-0.25, -0.2) is 0 Å². The fourth-order valence-corrected chi connectivity index (χ4v) is 5.16. The van der Waals surface area contributed by atoms with Gasteiger partial charge >= 0.3 is 0 Å². The molecule has 1 aromatic heterocycles. The first-order valence-corrected chi connectivity index (χ1v) is 13.1. The lowest BCUT2D eigenvalue weighted by atomic mass is 9.97. The van der Waals surface area contributed by atoms with Crippen LogP contribution in [0.2, 0.25) is 10.0 Å². The number of anilines is 1. The summed E-state index contributed by atoms with van der Waals surface area (Å²) in [5, 5.41) is 0.692. The van der Waals surface area contributed by atoms with Gasteiger partial charge in [-0.1, -0.05) is 79.0 Å². The van der Waals surface area contributed by atoms with Gasteiger partial charge in [-0.2, -0.15) is 0 Å². The third-order valence-electron chi connectivity index (χ3n) is 6.66. The first kappa shape index (κ1) is 25.1. The van der Waals surface area contributed by atoms with Crippen molar-refractivity contribution in [1.82, 2.24) is 9.47 Å². The summed E-state index contributed by atoms with van der Waals surface area (Å²) in [5.74, 6) is -0.399. The summed E-state index contributed by atoms with van der Waals surface area (Å²) in [6.45, 7) is 2.46. The van der Waals surface area contributed by atoms with Gasteiger partial charge in [0, 0.05) is 18.3 Å². The third kappa shape index (κ3) is 4.89. The summed E-state index contributed by atoms with van der Waals surface area (Å²) in [5.41, 5.74) is 4.14. The standard InChI is InChI=1S/C30H27Cl2N3O2/c1-2-3-17-33(30(37)22-15-16-23(31)24(32)19-22)20-28(36)35-26-13-8-7-12-25(26)34-18-9-14-27(34)29(35)21-10-5-4-6-11-21/h4-16,18-19,29H,2-3,17,20H2,1H3. The maximum atomic E-state index is 14.2. The van der Waals surface area contributed by atoms with E-state index in [9.17, 15) is 9.59 Å². The van der Waals surface area contributed by atoms with E-state index in [0.717, 1.165) is 35.5 Å². The number of fused-ring (bicyclic) bond motifs is 3. The Bertz CT molecular complexity index is 1430. The predicted molar refractivity (Wildman–Crippen MR) is 149 cm³/mol. The smallest absolute Gasteiger partial charge is 0.254 e. The van der Waals surface area contributed by atoms with E-state index in [-0.39, 0.29) is 24.4 Å². The summed E-state index contributed by atoms with van der Waals surface area (Å²) >= 11 is 12.3. The van der Waals surface area contributed by atoms with Gasteiger partial charge in [0.2, 0.25) is 5.91 Å². The maximum absolute atomic E-state index is 14.2. The van der Waals surface area contributed by atoms with E-state index in [1.54, 1.807) is 23.1 Å². The van der Waals surface area contributed by atoms with Crippen molar-refractivity contribution in [2.75, 3.05) is 18.0 Å². The molecule has 0 saturated carbocycles. The van der Waals surface area contributed by atoms with Crippen molar-refractivity contribution in [3.05, 3.63) is 118 Å². The molecule has 5 nitrogen and oxygen atoms in total. The highest BCUT2D eigenvalue weighted by Crippen LogP contribution is 2.42. The number of carbonyl (C=O) groups excluding carboxylic acids is 2. The SMILES string of the molecule is CCCCN(CC(=O)N1c2ccccc2-n2cccc2C1c1ccccc1)C(=O)c1ccc(Cl)c(Cl)c1. The van der Waals surface area contributed by atoms with Crippen molar-refractivity contribution in [3.63, 3.8) is 0 Å². The highest BCUT2D eigenvalue weighted by Gasteiger charge is 2.37. The zero-order chi connectivity index (χ0) is 25.9. The number of halogens is 2. The molecule has 0 saturated heterocycles. The zero-order valence-electron chi connectivity index (χ0n) is 20.5. The molecule has 1 aliphatic rings. The Kier molecular flexibility index (Phi) is 7.36. The van der Waals surface area contributed by atoms with Crippen LogP contribution in [0.4, 0.5) is 5.69 Å². The van der Waals surface area contributed by atoms with Crippen LogP contribution in [-0.2, 0) is 4.79 Å². The third-order valence-corrected chi connectivity index (χ3v) is 7.40. The number of unbranched alkanes of at least 4 members (excludes halogenated alkanes) is 1. The van der Waals surface area contributed by atoms with Crippen molar-refractivity contribution < 1.29 is 9.59 Å². The number of nitrogens with zero attached hydrogens (tertiary/aromatic N) is 3. The molecule has 0 radical (unpaired) electrons. The minimum Gasteiger partial charge on any atom is -0.329 e. The Morgan fingerprint density at radius 2 is 1.59 bits per heavy atom. The van der Waals surface area contributed by atoms with Gasteiger partial charge in [-0.3, -0.25) is 14.5 Å². The van der Waals surface area contributed by atoms with Crippen LogP contribution in [0.15, 0.2) is 91.1 Å². The number of rotatable bonds is 7. The molecule has 0 bridgehead atoms. The van der Waals surface area contributed by atoms with Crippen LogP contribution in [0.3, 0.4) is 0 Å². The molecule has 1 aliphatic heterocycles. The first-order valence-electron chi connectivity index (χ1n) is 12.4. The second kappa shape index (κ2) is 10.8. The Balaban J connectivity index is 1.54. The summed E-state index contributed by atoms with van der Waals surface area (Å²) < 4.78 is 2.13. The highest BCUT2D eigenvalue weighted by molar-refractivity contribution is 6.42. The summed E-state index contributed by atoms with van der Waals surface area (Å²) in [6.07, 6.45) is 3.70. The Morgan fingerprint density at radius 3 is 2.32 bits per heavy atom. The fraction of sp³-hybridized carbons (Fsp3) is 0.200. The number of hydrogen-bond donors (Lipinski definition) is 0. The topological polar surface area (TPSA) is 45.6 Å². The van der Waals surface area contributed by atoms with E-state index in [1.807, 2.05) is 77.8 Å². The molecular formula is C30H27Cl2N3O2. The number of amides is 2. The van der Waals surface area contributed by atoms with Crippen LogP contribution >= 0.6 is 23.2 Å². The van der Waals surface area contributed by atoms with Gasteiger partial charge in [-0.15, -0.1) is 0 Å². The van der Waals surface area contributed by atoms with Crippen LogP contribution in [0.5, 0.6) is 0 Å². The fourth-order valence-electron chi connectivity index (χ4n) is 4.87. The second-order valence-corrected chi connectivity index (χ2v) is 9.89. The largest absolute Gasteiger partial charge is 0.329 e. The first-order chi connectivity index (χ1) is 18.0. The Morgan fingerprint density at radius 1 is 0.865 bits per heavy atom. The van der Waals surface area contributed by atoms with Crippen molar-refractivity contribution in [2.45, 2.75) is 25.8 Å².